The van der Waals surface area contributed by atoms with Gasteiger partial charge < -0.3 is 14.9 Å². The zero-order chi connectivity index (χ0) is 17.9. The molecule has 0 radical (unpaired) electrons. The molecule has 1 atom stereocenters. The van der Waals surface area contributed by atoms with Gasteiger partial charge in [-0.25, -0.2) is 4.79 Å². The molecule has 0 aromatic rings. The van der Waals surface area contributed by atoms with Gasteiger partial charge in [0.25, 0.3) is 0 Å². The summed E-state index contributed by atoms with van der Waals surface area (Å²) in [6.45, 7) is 2.44. The molecule has 0 saturated carbocycles. The molecule has 0 aliphatic heterocycles. The van der Waals surface area contributed by atoms with Crippen molar-refractivity contribution in [3.8, 4) is 0 Å². The first-order valence-corrected chi connectivity index (χ1v) is 9.12. The van der Waals surface area contributed by atoms with Gasteiger partial charge in [-0.05, 0) is 32.1 Å². The quantitative estimate of drug-likeness (QED) is 0.244. The lowest BCUT2D eigenvalue weighted by atomic mass is 10.1. The van der Waals surface area contributed by atoms with Gasteiger partial charge in [0.05, 0.1) is 6.10 Å². The summed E-state index contributed by atoms with van der Waals surface area (Å²) in [7, 11) is 0. The number of aliphatic carboxylic acids is 1. The topological polar surface area (TPSA) is 66.8 Å². The monoisotopic (exact) mass is 338 g/mol. The number of carboxylic acids is 1. The van der Waals surface area contributed by atoms with Crippen molar-refractivity contribution < 1.29 is 19.7 Å². The predicted molar refractivity (Wildman–Crippen MR) is 99.1 cm³/mol. The second kappa shape index (κ2) is 18.0. The lowest BCUT2D eigenvalue weighted by molar-refractivity contribution is -0.142. The molecule has 138 valence electrons. The molecule has 0 rings (SSSR count). The lowest BCUT2D eigenvalue weighted by Gasteiger charge is -2.01. The van der Waals surface area contributed by atoms with Gasteiger partial charge in [-0.15, -0.1) is 0 Å². The molecule has 0 saturated heterocycles. The Morgan fingerprint density at radius 3 is 2.42 bits per heavy atom. The van der Waals surface area contributed by atoms with E-state index in [9.17, 15) is 9.90 Å². The third-order valence-electron chi connectivity index (χ3n) is 3.50. The number of rotatable bonds is 16. The zero-order valence-corrected chi connectivity index (χ0v) is 15.0. The van der Waals surface area contributed by atoms with Crippen molar-refractivity contribution in [2.24, 2.45) is 0 Å². The first-order chi connectivity index (χ1) is 11.7. The number of aliphatic hydroxyl groups excluding tert-OH is 1. The van der Waals surface area contributed by atoms with E-state index in [4.69, 9.17) is 9.84 Å². The van der Waals surface area contributed by atoms with Gasteiger partial charge in [0.1, 0.15) is 6.61 Å². The highest BCUT2D eigenvalue weighted by molar-refractivity contribution is 5.67. The van der Waals surface area contributed by atoms with E-state index in [-0.39, 0.29) is 6.61 Å². The molecule has 24 heavy (non-hydrogen) atoms. The Bertz CT molecular complexity index is 372. The highest BCUT2D eigenvalue weighted by Crippen LogP contribution is 2.08. The number of carboxylic acid groups (broad SMARTS) is 1. The highest BCUT2D eigenvalue weighted by Gasteiger charge is 1.96. The molecule has 0 spiro atoms. The minimum Gasteiger partial charge on any atom is -0.480 e. The molecule has 0 amide bonds. The highest BCUT2D eigenvalue weighted by atomic mass is 16.5. The van der Waals surface area contributed by atoms with Gasteiger partial charge in [0.2, 0.25) is 0 Å². The second-order valence-corrected chi connectivity index (χ2v) is 5.85. The Balaban J connectivity index is 3.34. The normalized spacial score (nSPS) is 13.4. The van der Waals surface area contributed by atoms with E-state index in [0.717, 1.165) is 25.7 Å². The number of aliphatic hydroxyl groups is 1. The van der Waals surface area contributed by atoms with E-state index >= 15 is 0 Å². The minimum absolute atomic E-state index is 0.187. The first kappa shape index (κ1) is 22.6. The van der Waals surface area contributed by atoms with Crippen LogP contribution in [0.3, 0.4) is 0 Å². The van der Waals surface area contributed by atoms with Crippen LogP contribution in [0.4, 0.5) is 0 Å². The minimum atomic E-state index is -0.902. The first-order valence-electron chi connectivity index (χ1n) is 9.12. The van der Waals surface area contributed by atoms with Crippen molar-refractivity contribution >= 4 is 5.97 Å². The predicted octanol–water partition coefficient (Wildman–Crippen LogP) is 4.65. The van der Waals surface area contributed by atoms with Crippen LogP contribution < -0.4 is 0 Å². The van der Waals surface area contributed by atoms with Crippen LogP contribution in [0.5, 0.6) is 0 Å². The number of carbonyl (C=O) groups is 1. The van der Waals surface area contributed by atoms with E-state index in [2.05, 4.69) is 19.1 Å². The second-order valence-electron chi connectivity index (χ2n) is 5.85. The third kappa shape index (κ3) is 18.7. The third-order valence-corrected chi connectivity index (χ3v) is 3.50. The molecule has 1 unspecified atom stereocenters. The van der Waals surface area contributed by atoms with E-state index in [1.54, 1.807) is 0 Å². The Morgan fingerprint density at radius 1 is 1.00 bits per heavy atom. The number of unbranched alkanes of at least 4 members (excludes halogenated alkanes) is 6. The molecule has 4 heteroatoms. The molecule has 0 fully saturated rings. The van der Waals surface area contributed by atoms with Crippen molar-refractivity contribution in [1.82, 2.24) is 0 Å². The van der Waals surface area contributed by atoms with Crippen LogP contribution in [0.2, 0.25) is 0 Å². The van der Waals surface area contributed by atoms with Gasteiger partial charge >= 0.3 is 5.97 Å². The van der Waals surface area contributed by atoms with Crippen LogP contribution in [-0.4, -0.2) is 35.5 Å². The molecule has 0 aromatic heterocycles. The van der Waals surface area contributed by atoms with Crippen LogP contribution in [0.15, 0.2) is 36.5 Å². The number of hydrogen-bond donors (Lipinski definition) is 2. The molecular formula is C20H34O4. The summed E-state index contributed by atoms with van der Waals surface area (Å²) in [6.07, 6.45) is 21.2. The summed E-state index contributed by atoms with van der Waals surface area (Å²) in [4.78, 5) is 10.2. The molecule has 0 bridgehead atoms. The zero-order valence-electron chi connectivity index (χ0n) is 15.0. The fraction of sp³-hybridized carbons (Fsp3) is 0.650. The summed E-state index contributed by atoms with van der Waals surface area (Å²) in [6, 6.07) is 0. The average molecular weight is 338 g/mol. The fourth-order valence-electron chi connectivity index (χ4n) is 2.18. The number of ether oxygens (including phenoxy) is 1. The largest absolute Gasteiger partial charge is 0.480 e. The van der Waals surface area contributed by atoms with E-state index in [0.29, 0.717) is 13.0 Å². The summed E-state index contributed by atoms with van der Waals surface area (Å²) >= 11 is 0. The van der Waals surface area contributed by atoms with Crippen molar-refractivity contribution in [2.45, 2.75) is 70.8 Å². The molecule has 0 heterocycles. The molecule has 2 N–H and O–H groups in total. The lowest BCUT2D eigenvalue weighted by Crippen LogP contribution is -2.07. The van der Waals surface area contributed by atoms with E-state index in [1.165, 1.54) is 25.7 Å². The molecule has 0 aliphatic rings. The summed E-state index contributed by atoms with van der Waals surface area (Å²) in [5, 5.41) is 18.1. The summed E-state index contributed by atoms with van der Waals surface area (Å²) < 4.78 is 4.99. The van der Waals surface area contributed by atoms with E-state index in [1.807, 2.05) is 24.3 Å². The Labute approximate surface area is 146 Å². The molecule has 4 nitrogen and oxygen atoms in total. The van der Waals surface area contributed by atoms with E-state index < -0.39 is 12.1 Å². The number of allylic oxidation sites excluding steroid dienone is 4. The van der Waals surface area contributed by atoms with Crippen LogP contribution in [0.25, 0.3) is 0 Å². The maximum atomic E-state index is 10.2. The van der Waals surface area contributed by atoms with Crippen LogP contribution in [0.1, 0.15) is 64.7 Å². The van der Waals surface area contributed by atoms with Gasteiger partial charge in [-0.3, -0.25) is 0 Å². The fourth-order valence-corrected chi connectivity index (χ4v) is 2.18. The average Bonchev–Trinajstić information content (AvgIpc) is 2.55. The van der Waals surface area contributed by atoms with Crippen LogP contribution in [-0.2, 0) is 9.53 Å². The van der Waals surface area contributed by atoms with Crippen molar-refractivity contribution in [3.05, 3.63) is 36.5 Å². The number of hydrogen-bond acceptors (Lipinski definition) is 3. The van der Waals surface area contributed by atoms with Crippen LogP contribution >= 0.6 is 0 Å². The van der Waals surface area contributed by atoms with Gasteiger partial charge in [0, 0.05) is 6.61 Å². The standard InChI is InChI=1S/C20H34O4/c1-2-3-12-15-19(21)16-13-10-8-6-4-5-7-9-11-14-17-24-18-20(22)23/h3,8,10,12-13,16,19,21H,2,4-7,9,11,14-15,17-18H2,1H3,(H,22,23). The SMILES string of the molecule is CCC=CCC(O)C=CC=CCCCCCCCCOCC(=O)O. The molecule has 0 aliphatic carbocycles. The van der Waals surface area contributed by atoms with Gasteiger partial charge in [0.15, 0.2) is 0 Å². The maximum absolute atomic E-state index is 10.2. The van der Waals surface area contributed by atoms with Gasteiger partial charge in [-0.2, -0.15) is 0 Å². The van der Waals surface area contributed by atoms with Crippen LogP contribution in [0, 0.1) is 0 Å². The Kier molecular flexibility index (Phi) is 16.9. The van der Waals surface area contributed by atoms with Crippen molar-refractivity contribution in [3.63, 3.8) is 0 Å². The summed E-state index contributed by atoms with van der Waals surface area (Å²) in [5.41, 5.74) is 0. The smallest absolute Gasteiger partial charge is 0.329 e. The summed E-state index contributed by atoms with van der Waals surface area (Å²) in [5.74, 6) is -0.902. The molecule has 0 aromatic carbocycles. The Morgan fingerprint density at radius 2 is 1.71 bits per heavy atom. The van der Waals surface area contributed by atoms with Crippen molar-refractivity contribution in [1.29, 1.82) is 0 Å². The van der Waals surface area contributed by atoms with Crippen molar-refractivity contribution in [2.75, 3.05) is 13.2 Å². The Hall–Kier alpha value is -1.39. The molecular weight excluding hydrogens is 304 g/mol. The maximum Gasteiger partial charge on any atom is 0.329 e. The van der Waals surface area contributed by atoms with Gasteiger partial charge in [-0.1, -0.05) is 69.1 Å².